The molecule has 21 heteroatoms. The van der Waals surface area contributed by atoms with E-state index in [-0.39, 0.29) is 30.8 Å². The number of aryl methyl sites for hydroxylation is 1. The molecule has 3 N–H and O–H groups in total. The lowest BCUT2D eigenvalue weighted by atomic mass is 10.1. The van der Waals surface area contributed by atoms with Gasteiger partial charge in [-0.05, 0) is 29.8 Å². The fraction of sp³-hybridized carbons (Fsp3) is 0.154. The van der Waals surface area contributed by atoms with Crippen LogP contribution in [0, 0.1) is 0 Å². The third kappa shape index (κ3) is 5.35. The van der Waals surface area contributed by atoms with Crippen molar-refractivity contribution in [3.8, 4) is 0 Å². The maximum Gasteiger partial charge on any atom is 0.291 e. The van der Waals surface area contributed by atoms with Gasteiger partial charge in [-0.3, -0.25) is 29.9 Å². The van der Waals surface area contributed by atoms with E-state index in [1.54, 1.807) is 31.0 Å². The van der Waals surface area contributed by atoms with Crippen LogP contribution in [0.25, 0.3) is 64.4 Å². The number of pyridine rings is 1. The highest BCUT2D eigenvalue weighted by Crippen LogP contribution is 2.37. The van der Waals surface area contributed by atoms with E-state index in [9.17, 15) is 9.59 Å². The van der Waals surface area contributed by atoms with Crippen molar-refractivity contribution in [2.45, 2.75) is 32.5 Å². The maximum atomic E-state index is 14.8. The van der Waals surface area contributed by atoms with Crippen molar-refractivity contribution in [1.29, 1.82) is 0 Å². The third-order valence-corrected chi connectivity index (χ3v) is 12.9. The number of oxazole rings is 1. The molecular formula is C39H28N16O3S2. The van der Waals surface area contributed by atoms with E-state index < -0.39 is 0 Å². The van der Waals surface area contributed by atoms with E-state index in [0.717, 1.165) is 47.1 Å². The normalized spacial score (nSPS) is 12.2. The van der Waals surface area contributed by atoms with Gasteiger partial charge in [-0.2, -0.15) is 25.5 Å². The summed E-state index contributed by atoms with van der Waals surface area (Å²) in [5.41, 5.74) is 6.56. The molecule has 0 atom stereocenters. The Hall–Kier alpha value is -7.65. The Morgan fingerprint density at radius 1 is 0.783 bits per heavy atom. The summed E-state index contributed by atoms with van der Waals surface area (Å²) in [7, 11) is 1.84. The van der Waals surface area contributed by atoms with Gasteiger partial charge in [0.2, 0.25) is 0 Å². The zero-order valence-corrected chi connectivity index (χ0v) is 33.0. The summed E-state index contributed by atoms with van der Waals surface area (Å²) < 4.78 is 13.8. The molecule has 0 aliphatic rings. The van der Waals surface area contributed by atoms with Crippen LogP contribution in [0.4, 0.5) is 0 Å². The molecule has 0 aliphatic heterocycles. The summed E-state index contributed by atoms with van der Waals surface area (Å²) in [5, 5.41) is 35.5. The number of H-pyrrole nitrogens is 3. The van der Waals surface area contributed by atoms with Crippen LogP contribution in [0.1, 0.15) is 38.4 Å². The number of aromatic amines is 3. The van der Waals surface area contributed by atoms with Crippen molar-refractivity contribution in [3.05, 3.63) is 133 Å². The van der Waals surface area contributed by atoms with E-state index in [4.69, 9.17) is 19.5 Å². The third-order valence-electron chi connectivity index (χ3n) is 10.8. The summed E-state index contributed by atoms with van der Waals surface area (Å²) in [6.07, 6.45) is 10.9. The predicted octanol–water partition coefficient (Wildman–Crippen LogP) is 4.65. The fourth-order valence-electron chi connectivity index (χ4n) is 8.03. The van der Waals surface area contributed by atoms with Gasteiger partial charge in [-0.25, -0.2) is 24.3 Å². The predicted molar refractivity (Wildman–Crippen MR) is 223 cm³/mol. The highest BCUT2D eigenvalue weighted by atomic mass is 32.1. The minimum atomic E-state index is -0.312. The Morgan fingerprint density at radius 2 is 1.65 bits per heavy atom. The molecule has 0 saturated heterocycles. The lowest BCUT2D eigenvalue weighted by Crippen LogP contribution is -2.28. The van der Waals surface area contributed by atoms with Gasteiger partial charge in [-0.1, -0.05) is 12.1 Å². The van der Waals surface area contributed by atoms with Crippen molar-refractivity contribution in [3.63, 3.8) is 0 Å². The quantitative estimate of drug-likeness (QED) is 0.171. The summed E-state index contributed by atoms with van der Waals surface area (Å²) in [4.78, 5) is 48.1. The van der Waals surface area contributed by atoms with Crippen molar-refractivity contribution in [2.24, 2.45) is 7.05 Å². The number of hydrogen-bond acceptors (Lipinski definition) is 14. The number of thiazole rings is 2. The number of nitrogens with zero attached hydrogens (tertiary/aromatic N) is 13. The molecular weight excluding hydrogens is 805 g/mol. The van der Waals surface area contributed by atoms with E-state index in [1.807, 2.05) is 52.6 Å². The molecule has 0 unspecified atom stereocenters. The van der Waals surface area contributed by atoms with Crippen LogP contribution in [0.2, 0.25) is 0 Å². The number of benzene rings is 1. The molecule has 11 heterocycles. The molecule has 0 radical (unpaired) electrons. The molecule has 19 nitrogen and oxygen atoms in total. The molecule has 0 bridgehead atoms. The van der Waals surface area contributed by atoms with Gasteiger partial charge in [-0.15, -0.1) is 22.7 Å². The molecule has 294 valence electrons. The molecule has 11 aromatic heterocycles. The Labute approximate surface area is 342 Å². The Morgan fingerprint density at radius 3 is 2.53 bits per heavy atom. The van der Waals surface area contributed by atoms with Crippen LogP contribution in [0.15, 0.2) is 87.8 Å². The van der Waals surface area contributed by atoms with Gasteiger partial charge in [0.05, 0.1) is 81.9 Å². The van der Waals surface area contributed by atoms with Crippen LogP contribution in [-0.4, -0.2) is 79.2 Å². The van der Waals surface area contributed by atoms with Gasteiger partial charge >= 0.3 is 0 Å². The number of rotatable bonds is 10. The van der Waals surface area contributed by atoms with Crippen LogP contribution in [0.3, 0.4) is 0 Å². The Bertz CT molecular complexity index is 3730. The first-order valence-electron chi connectivity index (χ1n) is 18.8. The SMILES string of the molecule is Cn1c2nc(Cc3cc[nH]n3)sc2c2c(Cn3c4nc(Cc5cnco5)sc4c4cnn(Cc5cccc6[nH]ncc56)c(=O)c43)nn(Cc3n[nH]c4cccnc34)c(=O)c21. The molecule has 0 amide bonds. The summed E-state index contributed by atoms with van der Waals surface area (Å²) in [5.74, 6) is 0.662. The largest absolute Gasteiger partial charge is 0.448 e. The molecule has 0 aliphatic carbocycles. The van der Waals surface area contributed by atoms with E-state index in [1.165, 1.54) is 38.4 Å². The van der Waals surface area contributed by atoms with Gasteiger partial charge < -0.3 is 13.6 Å². The lowest BCUT2D eigenvalue weighted by molar-refractivity contribution is 0.514. The van der Waals surface area contributed by atoms with E-state index >= 15 is 0 Å². The minimum Gasteiger partial charge on any atom is -0.448 e. The smallest absolute Gasteiger partial charge is 0.291 e. The van der Waals surface area contributed by atoms with Crippen molar-refractivity contribution in [1.82, 2.24) is 79.2 Å². The number of fused-ring (bicyclic) bond motifs is 8. The van der Waals surface area contributed by atoms with Gasteiger partial charge in [0.25, 0.3) is 11.1 Å². The van der Waals surface area contributed by atoms with Gasteiger partial charge in [0, 0.05) is 36.6 Å². The molecule has 0 fully saturated rings. The van der Waals surface area contributed by atoms with Crippen molar-refractivity contribution < 1.29 is 4.42 Å². The molecule has 60 heavy (non-hydrogen) atoms. The standard InChI is InChI=1S/C39H28N16O3S2/c1-52-33-30(35-36(52)45-28(60-35)10-20-7-9-42-47-20)26(51-55(39(33)57)17-27-31-25(49-50-27)6-3-8-41-31)16-53-32-23(34-37(53)46-29(59-34)11-21-12-40-18-58-21)14-44-54(38(32)56)15-19-4-2-5-24-22(19)13-43-48-24/h2-9,12-14,18H,10-11,15-17H2,1H3,(H,42,47)(H,43,48)(H,49,50). The Kier molecular flexibility index (Phi) is 7.56. The summed E-state index contributed by atoms with van der Waals surface area (Å²) >= 11 is 2.96. The zero-order valence-electron chi connectivity index (χ0n) is 31.3. The number of aromatic nitrogens is 16. The fourth-order valence-corrected chi connectivity index (χ4v) is 10.3. The second kappa shape index (κ2) is 13.2. The van der Waals surface area contributed by atoms with E-state index in [0.29, 0.717) is 68.6 Å². The summed E-state index contributed by atoms with van der Waals surface area (Å²) in [6, 6.07) is 11.4. The number of nitrogens with one attached hydrogen (secondary N) is 3. The average molecular weight is 833 g/mol. The highest BCUT2D eigenvalue weighted by molar-refractivity contribution is 7.20. The number of hydrogen-bond donors (Lipinski definition) is 3. The van der Waals surface area contributed by atoms with Crippen LogP contribution < -0.4 is 11.1 Å². The summed E-state index contributed by atoms with van der Waals surface area (Å²) in [6.45, 7) is 0.350. The van der Waals surface area contributed by atoms with Crippen LogP contribution >= 0.6 is 22.7 Å². The molecule has 0 saturated carbocycles. The van der Waals surface area contributed by atoms with Gasteiger partial charge in [0.15, 0.2) is 17.7 Å². The lowest BCUT2D eigenvalue weighted by Gasteiger charge is -2.12. The van der Waals surface area contributed by atoms with E-state index in [2.05, 4.69) is 45.7 Å². The first-order valence-corrected chi connectivity index (χ1v) is 20.4. The first-order chi connectivity index (χ1) is 29.4. The molecule has 12 aromatic rings. The van der Waals surface area contributed by atoms with Crippen molar-refractivity contribution in [2.75, 3.05) is 0 Å². The average Bonchev–Trinajstić information content (AvgIpc) is 4.11. The highest BCUT2D eigenvalue weighted by Gasteiger charge is 2.27. The van der Waals surface area contributed by atoms with Gasteiger partial charge in [0.1, 0.15) is 38.0 Å². The minimum absolute atomic E-state index is 0.0472. The first kappa shape index (κ1) is 34.4. The monoisotopic (exact) mass is 832 g/mol. The second-order valence-electron chi connectivity index (χ2n) is 14.4. The van der Waals surface area contributed by atoms with Crippen LogP contribution in [0.5, 0.6) is 0 Å². The maximum absolute atomic E-state index is 14.8. The topological polar surface area (TPSA) is 230 Å². The van der Waals surface area contributed by atoms with Crippen molar-refractivity contribution >= 4 is 87.1 Å². The molecule has 1 aromatic carbocycles. The second-order valence-corrected chi connectivity index (χ2v) is 16.5. The Balaban J connectivity index is 1.08. The van der Waals surface area contributed by atoms with Crippen LogP contribution in [-0.2, 0) is 39.5 Å². The molecule has 12 rings (SSSR count). The zero-order chi connectivity index (χ0) is 40.1. The molecule has 0 spiro atoms.